The van der Waals surface area contributed by atoms with Crippen molar-refractivity contribution in [3.63, 3.8) is 0 Å². The average molecular weight is 496 g/mol. The van der Waals surface area contributed by atoms with Crippen molar-refractivity contribution in [2.45, 2.75) is 58.2 Å². The van der Waals surface area contributed by atoms with Crippen molar-refractivity contribution in [3.8, 4) is 5.75 Å². The minimum absolute atomic E-state index is 0.0360. The molecule has 3 aromatic rings. The van der Waals surface area contributed by atoms with Crippen molar-refractivity contribution < 1.29 is 14.6 Å². The molecule has 0 unspecified atom stereocenters. The maximum absolute atomic E-state index is 9.61. The quantitative estimate of drug-likeness (QED) is 0.367. The van der Waals surface area contributed by atoms with Gasteiger partial charge in [0.2, 0.25) is 5.95 Å². The van der Waals surface area contributed by atoms with E-state index in [1.54, 1.807) is 0 Å². The van der Waals surface area contributed by atoms with E-state index in [2.05, 4.69) is 34.3 Å². The monoisotopic (exact) mass is 495 g/mol. The maximum Gasteiger partial charge on any atom is 0.222 e. The summed E-state index contributed by atoms with van der Waals surface area (Å²) >= 11 is 0. The van der Waals surface area contributed by atoms with Crippen LogP contribution in [0, 0.1) is 0 Å². The van der Waals surface area contributed by atoms with E-state index < -0.39 is 0 Å². The Morgan fingerprint density at radius 3 is 2.92 bits per heavy atom. The van der Waals surface area contributed by atoms with E-state index in [1.807, 2.05) is 15.8 Å². The van der Waals surface area contributed by atoms with Gasteiger partial charge in [-0.15, -0.1) is 0 Å². The average Bonchev–Trinajstić information content (AvgIpc) is 3.55. The van der Waals surface area contributed by atoms with Gasteiger partial charge in [-0.2, -0.15) is 10.1 Å². The maximum atomic E-state index is 9.61. The zero-order valence-electron chi connectivity index (χ0n) is 21.1. The molecule has 0 bridgehead atoms. The standard InChI is InChI=1S/C26H37N7O3/c1-2-3-9-32(10-11-34)25-23-22(29-26(27)30-25)16-33(31-23)15-19-7-6-18(14-28-20-8-13-35-17-20)21-5-4-12-36-24(19)21/h6-7,16,20,28,34H,2-5,8-15,17H2,1H3,(H2,27,29)/t20-/m0/s1. The number of rotatable bonds is 11. The molecule has 2 aromatic heterocycles. The number of anilines is 2. The lowest BCUT2D eigenvalue weighted by Gasteiger charge is -2.24. The van der Waals surface area contributed by atoms with Gasteiger partial charge in [-0.25, -0.2) is 4.98 Å². The van der Waals surface area contributed by atoms with Gasteiger partial charge >= 0.3 is 0 Å². The van der Waals surface area contributed by atoms with Gasteiger partial charge in [-0.05, 0) is 36.8 Å². The predicted molar refractivity (Wildman–Crippen MR) is 139 cm³/mol. The molecule has 4 heterocycles. The fourth-order valence-corrected chi connectivity index (χ4v) is 5.07. The van der Waals surface area contributed by atoms with Gasteiger partial charge in [-0.3, -0.25) is 4.68 Å². The Labute approximate surface area is 211 Å². The molecular formula is C26H37N7O3. The number of nitrogens with one attached hydrogen (secondary N) is 1. The minimum atomic E-state index is 0.0360. The van der Waals surface area contributed by atoms with Crippen LogP contribution in [0.2, 0.25) is 0 Å². The lowest BCUT2D eigenvalue weighted by Crippen LogP contribution is -2.29. The molecule has 1 saturated heterocycles. The number of aromatic nitrogens is 4. The number of aliphatic hydroxyl groups is 1. The van der Waals surface area contributed by atoms with Crippen molar-refractivity contribution in [1.29, 1.82) is 0 Å². The summed E-state index contributed by atoms with van der Waals surface area (Å²) in [5.41, 5.74) is 11.1. The summed E-state index contributed by atoms with van der Waals surface area (Å²) in [4.78, 5) is 11.0. The Hall–Kier alpha value is -2.95. The van der Waals surface area contributed by atoms with Gasteiger partial charge in [0.15, 0.2) is 11.3 Å². The van der Waals surface area contributed by atoms with Crippen LogP contribution in [0.15, 0.2) is 18.3 Å². The summed E-state index contributed by atoms with van der Waals surface area (Å²) in [6.07, 6.45) is 7.06. The first-order chi connectivity index (χ1) is 17.7. The van der Waals surface area contributed by atoms with Crippen LogP contribution in [0.25, 0.3) is 11.0 Å². The van der Waals surface area contributed by atoms with E-state index in [9.17, 15) is 5.11 Å². The fourth-order valence-electron chi connectivity index (χ4n) is 5.07. The third-order valence-electron chi connectivity index (χ3n) is 6.96. The Bertz CT molecular complexity index is 1180. The summed E-state index contributed by atoms with van der Waals surface area (Å²) < 4.78 is 13.6. The number of hydrogen-bond donors (Lipinski definition) is 3. The van der Waals surface area contributed by atoms with Gasteiger partial charge in [0, 0.05) is 37.8 Å². The second-order valence-electron chi connectivity index (χ2n) is 9.62. The highest BCUT2D eigenvalue weighted by molar-refractivity contribution is 5.86. The smallest absolute Gasteiger partial charge is 0.222 e. The van der Waals surface area contributed by atoms with E-state index in [0.717, 1.165) is 76.3 Å². The minimum Gasteiger partial charge on any atom is -0.493 e. The van der Waals surface area contributed by atoms with Gasteiger partial charge in [-0.1, -0.05) is 25.5 Å². The fraction of sp³-hybridized carbons (Fsp3) is 0.577. The van der Waals surface area contributed by atoms with Crippen LogP contribution in [0.5, 0.6) is 5.75 Å². The van der Waals surface area contributed by atoms with Crippen LogP contribution < -0.4 is 20.7 Å². The molecular weight excluding hydrogens is 458 g/mol. The molecule has 194 valence electrons. The topological polar surface area (TPSA) is 124 Å². The van der Waals surface area contributed by atoms with Crippen molar-refractivity contribution in [2.24, 2.45) is 0 Å². The number of fused-ring (bicyclic) bond motifs is 2. The Morgan fingerprint density at radius 2 is 2.11 bits per heavy atom. The summed E-state index contributed by atoms with van der Waals surface area (Å²) in [7, 11) is 0. The molecule has 1 aromatic carbocycles. The van der Waals surface area contributed by atoms with Gasteiger partial charge in [0.05, 0.1) is 32.6 Å². The lowest BCUT2D eigenvalue weighted by molar-refractivity contribution is 0.189. The molecule has 2 aliphatic rings. The van der Waals surface area contributed by atoms with Crippen LogP contribution in [0.4, 0.5) is 11.8 Å². The molecule has 2 aliphatic heterocycles. The molecule has 10 nitrogen and oxygen atoms in total. The van der Waals surface area contributed by atoms with E-state index >= 15 is 0 Å². The SMILES string of the molecule is CCCCN(CCO)c1nc(N)nc2cn(Cc3ccc(CN[C@H]4CCOC4)c4c3OCCC4)nc12. The van der Waals surface area contributed by atoms with Crippen LogP contribution in [-0.4, -0.2) is 70.4 Å². The summed E-state index contributed by atoms with van der Waals surface area (Å²) in [5.74, 6) is 1.87. The number of ether oxygens (including phenoxy) is 2. The first kappa shape index (κ1) is 24.7. The molecule has 1 fully saturated rings. The number of nitrogen functional groups attached to an aromatic ring is 1. The van der Waals surface area contributed by atoms with E-state index in [1.165, 1.54) is 11.1 Å². The molecule has 0 spiro atoms. The van der Waals surface area contributed by atoms with E-state index in [4.69, 9.17) is 20.3 Å². The second kappa shape index (κ2) is 11.4. The van der Waals surface area contributed by atoms with Crippen LogP contribution in [0.1, 0.15) is 49.3 Å². The summed E-state index contributed by atoms with van der Waals surface area (Å²) in [6.45, 7) is 7.17. The highest BCUT2D eigenvalue weighted by Crippen LogP contribution is 2.33. The number of benzene rings is 1. The number of nitrogens with two attached hydrogens (primary N) is 1. The van der Waals surface area contributed by atoms with Crippen LogP contribution in [-0.2, 0) is 24.2 Å². The third kappa shape index (κ3) is 5.40. The molecule has 0 radical (unpaired) electrons. The molecule has 0 saturated carbocycles. The third-order valence-corrected chi connectivity index (χ3v) is 6.96. The van der Waals surface area contributed by atoms with Crippen molar-refractivity contribution in [1.82, 2.24) is 25.1 Å². The zero-order chi connectivity index (χ0) is 24.9. The van der Waals surface area contributed by atoms with Crippen molar-refractivity contribution in [3.05, 3.63) is 35.0 Å². The first-order valence-electron chi connectivity index (χ1n) is 13.1. The molecule has 4 N–H and O–H groups in total. The largest absolute Gasteiger partial charge is 0.493 e. The summed E-state index contributed by atoms with van der Waals surface area (Å²) in [6, 6.07) is 4.79. The normalized spacial score (nSPS) is 17.3. The highest BCUT2D eigenvalue weighted by Gasteiger charge is 2.22. The number of hydrogen-bond acceptors (Lipinski definition) is 9. The molecule has 10 heteroatoms. The van der Waals surface area contributed by atoms with Crippen molar-refractivity contribution in [2.75, 3.05) is 50.2 Å². The van der Waals surface area contributed by atoms with Crippen LogP contribution >= 0.6 is 0 Å². The van der Waals surface area contributed by atoms with Crippen LogP contribution in [0.3, 0.4) is 0 Å². The Morgan fingerprint density at radius 1 is 1.22 bits per heavy atom. The molecule has 36 heavy (non-hydrogen) atoms. The first-order valence-corrected chi connectivity index (χ1v) is 13.1. The summed E-state index contributed by atoms with van der Waals surface area (Å²) in [5, 5.41) is 18.1. The Balaban J connectivity index is 1.42. The lowest BCUT2D eigenvalue weighted by atomic mass is 9.96. The van der Waals surface area contributed by atoms with E-state index in [0.29, 0.717) is 36.0 Å². The number of unbranched alkanes of at least 4 members (excludes halogenated alkanes) is 1. The number of nitrogens with zero attached hydrogens (tertiary/aromatic N) is 5. The molecule has 0 amide bonds. The highest BCUT2D eigenvalue weighted by atomic mass is 16.5. The zero-order valence-corrected chi connectivity index (χ0v) is 21.1. The molecule has 1 atom stereocenters. The Kier molecular flexibility index (Phi) is 7.84. The van der Waals surface area contributed by atoms with Gasteiger partial charge < -0.3 is 30.5 Å². The number of aliphatic hydroxyl groups excluding tert-OH is 1. The van der Waals surface area contributed by atoms with Crippen molar-refractivity contribution >= 4 is 22.8 Å². The van der Waals surface area contributed by atoms with Gasteiger partial charge in [0.1, 0.15) is 11.3 Å². The van der Waals surface area contributed by atoms with E-state index in [-0.39, 0.29) is 12.6 Å². The molecule has 5 rings (SSSR count). The van der Waals surface area contributed by atoms with Gasteiger partial charge in [0.25, 0.3) is 0 Å². The second-order valence-corrected chi connectivity index (χ2v) is 9.62. The molecule has 0 aliphatic carbocycles. The predicted octanol–water partition coefficient (Wildman–Crippen LogP) is 2.26.